The quantitative estimate of drug-likeness (QED) is 0.697. The van der Waals surface area contributed by atoms with E-state index in [1.54, 1.807) is 0 Å². The zero-order valence-electron chi connectivity index (χ0n) is 8.67. The Balaban J connectivity index is 1.90. The molecule has 3 heteroatoms. The van der Waals surface area contributed by atoms with Gasteiger partial charge in [-0.3, -0.25) is 0 Å². The van der Waals surface area contributed by atoms with Crippen LogP contribution in [-0.2, 0) is 0 Å². The predicted octanol–water partition coefficient (Wildman–Crippen LogP) is 1.52. The number of nitrogens with two attached hydrogens (primary N) is 1. The lowest BCUT2D eigenvalue weighted by Gasteiger charge is -2.39. The molecule has 0 aromatic rings. The molecule has 80 valence electrons. The van der Waals surface area contributed by atoms with Crippen LogP contribution in [0.15, 0.2) is 12.2 Å². The second-order valence-electron chi connectivity index (χ2n) is 4.38. The predicted molar refractivity (Wildman–Crippen MR) is 63.6 cm³/mol. The first kappa shape index (κ1) is 10.5. The van der Waals surface area contributed by atoms with E-state index in [0.29, 0.717) is 6.04 Å². The maximum Gasteiger partial charge on any atom is 0.0322 e. The molecule has 0 aromatic carbocycles. The van der Waals surface area contributed by atoms with Crippen LogP contribution in [0.4, 0.5) is 0 Å². The van der Waals surface area contributed by atoms with Gasteiger partial charge in [-0.2, -0.15) is 11.8 Å². The summed E-state index contributed by atoms with van der Waals surface area (Å²) in [7, 11) is 0. The SMILES string of the molecule is NCC1(NC2CC=CC2)CCSCC1. The van der Waals surface area contributed by atoms with E-state index in [2.05, 4.69) is 29.2 Å². The van der Waals surface area contributed by atoms with Gasteiger partial charge in [0.1, 0.15) is 0 Å². The molecule has 2 aliphatic rings. The van der Waals surface area contributed by atoms with Gasteiger partial charge in [0, 0.05) is 18.1 Å². The molecule has 1 aliphatic heterocycles. The average Bonchev–Trinajstić information content (AvgIpc) is 2.72. The summed E-state index contributed by atoms with van der Waals surface area (Å²) in [6.07, 6.45) is 9.41. The fraction of sp³-hybridized carbons (Fsp3) is 0.818. The minimum Gasteiger partial charge on any atom is -0.329 e. The first-order valence-electron chi connectivity index (χ1n) is 5.55. The number of rotatable bonds is 3. The Kier molecular flexibility index (Phi) is 3.52. The monoisotopic (exact) mass is 212 g/mol. The molecule has 1 saturated heterocycles. The maximum absolute atomic E-state index is 5.92. The Labute approximate surface area is 90.7 Å². The summed E-state index contributed by atoms with van der Waals surface area (Å²) in [5, 5.41) is 3.78. The zero-order valence-corrected chi connectivity index (χ0v) is 9.48. The van der Waals surface area contributed by atoms with Gasteiger partial charge in [0.15, 0.2) is 0 Å². The van der Waals surface area contributed by atoms with Gasteiger partial charge in [-0.25, -0.2) is 0 Å². The van der Waals surface area contributed by atoms with Crippen LogP contribution in [0.3, 0.4) is 0 Å². The normalized spacial score (nSPS) is 26.9. The molecule has 0 atom stereocenters. The van der Waals surface area contributed by atoms with Crippen LogP contribution in [0.5, 0.6) is 0 Å². The lowest BCUT2D eigenvalue weighted by molar-refractivity contribution is 0.274. The standard InChI is InChI=1S/C11H20N2S/c12-9-11(5-7-14-8-6-11)13-10-3-1-2-4-10/h1-2,10,13H,3-9,12H2. The van der Waals surface area contributed by atoms with E-state index in [1.807, 2.05) is 0 Å². The minimum absolute atomic E-state index is 0.252. The van der Waals surface area contributed by atoms with E-state index in [1.165, 1.54) is 37.2 Å². The molecule has 3 N–H and O–H groups in total. The highest BCUT2D eigenvalue weighted by Gasteiger charge is 2.32. The maximum atomic E-state index is 5.92. The smallest absolute Gasteiger partial charge is 0.0322 e. The van der Waals surface area contributed by atoms with Crippen LogP contribution in [0.1, 0.15) is 25.7 Å². The topological polar surface area (TPSA) is 38.0 Å². The highest BCUT2D eigenvalue weighted by Crippen LogP contribution is 2.28. The van der Waals surface area contributed by atoms with Crippen molar-refractivity contribution < 1.29 is 0 Å². The molecule has 0 bridgehead atoms. The van der Waals surface area contributed by atoms with Crippen LogP contribution >= 0.6 is 11.8 Å². The molecule has 1 fully saturated rings. The highest BCUT2D eigenvalue weighted by molar-refractivity contribution is 7.99. The van der Waals surface area contributed by atoms with Crippen LogP contribution in [0.2, 0.25) is 0 Å². The lowest BCUT2D eigenvalue weighted by Crippen LogP contribution is -2.56. The number of thioether (sulfide) groups is 1. The number of nitrogens with one attached hydrogen (secondary N) is 1. The zero-order chi connectivity index (χ0) is 9.86. The molecule has 1 aliphatic carbocycles. The lowest BCUT2D eigenvalue weighted by atomic mass is 9.91. The summed E-state index contributed by atoms with van der Waals surface area (Å²) in [6, 6.07) is 0.654. The summed E-state index contributed by atoms with van der Waals surface area (Å²) >= 11 is 2.06. The van der Waals surface area contributed by atoms with E-state index in [0.717, 1.165) is 6.54 Å². The molecule has 2 nitrogen and oxygen atoms in total. The van der Waals surface area contributed by atoms with E-state index in [4.69, 9.17) is 5.73 Å². The number of hydrogen-bond donors (Lipinski definition) is 2. The van der Waals surface area contributed by atoms with E-state index < -0.39 is 0 Å². The summed E-state index contributed by atoms with van der Waals surface area (Å²) in [6.45, 7) is 0.796. The Morgan fingerprint density at radius 3 is 2.50 bits per heavy atom. The first-order valence-corrected chi connectivity index (χ1v) is 6.71. The van der Waals surface area contributed by atoms with Gasteiger partial charge in [-0.15, -0.1) is 0 Å². The first-order chi connectivity index (χ1) is 6.85. The molecule has 14 heavy (non-hydrogen) atoms. The Morgan fingerprint density at radius 2 is 1.93 bits per heavy atom. The molecule has 0 unspecified atom stereocenters. The van der Waals surface area contributed by atoms with Gasteiger partial charge in [0.2, 0.25) is 0 Å². The van der Waals surface area contributed by atoms with Crippen LogP contribution in [0, 0.1) is 0 Å². The van der Waals surface area contributed by atoms with Gasteiger partial charge in [-0.05, 0) is 37.2 Å². The third-order valence-electron chi connectivity index (χ3n) is 3.36. The molecular formula is C11H20N2S. The fourth-order valence-electron chi connectivity index (χ4n) is 2.34. The largest absolute Gasteiger partial charge is 0.329 e. The molecule has 0 aromatic heterocycles. The van der Waals surface area contributed by atoms with E-state index in [9.17, 15) is 0 Å². The van der Waals surface area contributed by atoms with Crippen LogP contribution in [0.25, 0.3) is 0 Å². The van der Waals surface area contributed by atoms with Crippen molar-refractivity contribution >= 4 is 11.8 Å². The second kappa shape index (κ2) is 4.69. The van der Waals surface area contributed by atoms with Crippen molar-refractivity contribution in [3.63, 3.8) is 0 Å². The molecule has 0 saturated carbocycles. The molecule has 0 radical (unpaired) electrons. The van der Waals surface area contributed by atoms with Crippen molar-refractivity contribution in [2.24, 2.45) is 5.73 Å². The minimum atomic E-state index is 0.252. The van der Waals surface area contributed by atoms with Gasteiger partial charge in [0.25, 0.3) is 0 Å². The summed E-state index contributed by atoms with van der Waals surface area (Å²) in [4.78, 5) is 0. The second-order valence-corrected chi connectivity index (χ2v) is 5.61. The molecule has 2 rings (SSSR count). The number of hydrogen-bond acceptors (Lipinski definition) is 3. The Bertz CT molecular complexity index is 201. The summed E-state index contributed by atoms with van der Waals surface area (Å²) in [5.74, 6) is 2.54. The van der Waals surface area contributed by atoms with E-state index in [-0.39, 0.29) is 5.54 Å². The fourth-order valence-corrected chi connectivity index (χ4v) is 3.61. The molecular weight excluding hydrogens is 192 g/mol. The van der Waals surface area contributed by atoms with Crippen molar-refractivity contribution in [3.8, 4) is 0 Å². The van der Waals surface area contributed by atoms with Gasteiger partial charge in [0.05, 0.1) is 0 Å². The molecule has 1 heterocycles. The van der Waals surface area contributed by atoms with Crippen molar-refractivity contribution in [2.75, 3.05) is 18.1 Å². The molecule has 0 amide bonds. The van der Waals surface area contributed by atoms with Crippen molar-refractivity contribution in [1.82, 2.24) is 5.32 Å². The van der Waals surface area contributed by atoms with Crippen LogP contribution in [-0.4, -0.2) is 29.6 Å². The third kappa shape index (κ3) is 2.33. The highest BCUT2D eigenvalue weighted by atomic mass is 32.2. The Hall–Kier alpha value is 0.01000. The van der Waals surface area contributed by atoms with Gasteiger partial charge < -0.3 is 11.1 Å². The van der Waals surface area contributed by atoms with Crippen molar-refractivity contribution in [2.45, 2.75) is 37.3 Å². The average molecular weight is 212 g/mol. The van der Waals surface area contributed by atoms with Gasteiger partial charge >= 0.3 is 0 Å². The third-order valence-corrected chi connectivity index (χ3v) is 4.34. The van der Waals surface area contributed by atoms with Crippen molar-refractivity contribution in [1.29, 1.82) is 0 Å². The van der Waals surface area contributed by atoms with E-state index >= 15 is 0 Å². The van der Waals surface area contributed by atoms with Crippen molar-refractivity contribution in [3.05, 3.63) is 12.2 Å². The summed E-state index contributed by atoms with van der Waals surface area (Å²) in [5.41, 5.74) is 6.18. The van der Waals surface area contributed by atoms with Gasteiger partial charge in [-0.1, -0.05) is 12.2 Å². The molecule has 0 spiro atoms. The van der Waals surface area contributed by atoms with Crippen LogP contribution < -0.4 is 11.1 Å². The summed E-state index contributed by atoms with van der Waals surface area (Å²) < 4.78 is 0. The Morgan fingerprint density at radius 1 is 1.29 bits per heavy atom.